The summed E-state index contributed by atoms with van der Waals surface area (Å²) in [4.78, 5) is 11.2. The summed E-state index contributed by atoms with van der Waals surface area (Å²) in [6.07, 6.45) is 4.91. The van der Waals surface area contributed by atoms with Gasteiger partial charge < -0.3 is 16.4 Å². The van der Waals surface area contributed by atoms with E-state index in [9.17, 15) is 4.79 Å². The van der Waals surface area contributed by atoms with E-state index in [1.807, 2.05) is 13.8 Å². The van der Waals surface area contributed by atoms with Crippen LogP contribution in [0.25, 0.3) is 0 Å². The number of carbonyl (C=O) groups is 1. The Morgan fingerprint density at radius 3 is 2.38 bits per heavy atom. The van der Waals surface area contributed by atoms with Crippen LogP contribution < -0.4 is 16.4 Å². The van der Waals surface area contributed by atoms with Gasteiger partial charge in [0.2, 0.25) is 5.91 Å². The first-order valence-electron chi connectivity index (χ1n) is 6.48. The Labute approximate surface area is 100 Å². The van der Waals surface area contributed by atoms with Crippen molar-refractivity contribution >= 4 is 5.91 Å². The highest BCUT2D eigenvalue weighted by Gasteiger charge is 1.98. The number of nitrogens with one attached hydrogen (secondary N) is 2. The standard InChI is InChI=1S/C10H23N3O.C2H6/c1-2-3-4-6-10(14)13-8-5-7-12-9-11;1-2/h12H,2-9,11H2,1H3,(H,13,14);1-2H3. The Bertz CT molecular complexity index is 140. The Balaban J connectivity index is 0. The first-order valence-corrected chi connectivity index (χ1v) is 6.48. The molecule has 0 radical (unpaired) electrons. The zero-order chi connectivity index (χ0) is 12.6. The molecule has 0 fully saturated rings. The average molecular weight is 231 g/mol. The number of hydrogen-bond acceptors (Lipinski definition) is 3. The minimum absolute atomic E-state index is 0.172. The molecule has 0 aromatic heterocycles. The van der Waals surface area contributed by atoms with Crippen molar-refractivity contribution < 1.29 is 4.79 Å². The van der Waals surface area contributed by atoms with Gasteiger partial charge in [0, 0.05) is 19.6 Å². The second-order valence-corrected chi connectivity index (χ2v) is 3.36. The lowest BCUT2D eigenvalue weighted by molar-refractivity contribution is -0.121. The van der Waals surface area contributed by atoms with E-state index in [1.165, 1.54) is 0 Å². The van der Waals surface area contributed by atoms with Crippen molar-refractivity contribution in [2.75, 3.05) is 19.8 Å². The van der Waals surface area contributed by atoms with E-state index >= 15 is 0 Å². The van der Waals surface area contributed by atoms with Crippen molar-refractivity contribution in [3.05, 3.63) is 0 Å². The molecule has 0 aromatic rings. The number of carbonyl (C=O) groups excluding carboxylic acids is 1. The fourth-order valence-corrected chi connectivity index (χ4v) is 1.17. The summed E-state index contributed by atoms with van der Waals surface area (Å²) in [6, 6.07) is 0. The molecule has 0 bridgehead atoms. The van der Waals surface area contributed by atoms with E-state index < -0.39 is 0 Å². The topological polar surface area (TPSA) is 67.2 Å². The van der Waals surface area contributed by atoms with E-state index in [1.54, 1.807) is 0 Å². The van der Waals surface area contributed by atoms with Crippen LogP contribution in [-0.4, -0.2) is 25.7 Å². The summed E-state index contributed by atoms with van der Waals surface area (Å²) in [5.74, 6) is 0.172. The van der Waals surface area contributed by atoms with Crippen molar-refractivity contribution in [1.29, 1.82) is 0 Å². The van der Waals surface area contributed by atoms with Gasteiger partial charge in [0.05, 0.1) is 0 Å². The number of amides is 1. The van der Waals surface area contributed by atoms with Crippen LogP contribution in [0.4, 0.5) is 0 Å². The van der Waals surface area contributed by atoms with Crippen LogP contribution in [0.15, 0.2) is 0 Å². The largest absolute Gasteiger partial charge is 0.356 e. The minimum atomic E-state index is 0.172. The molecule has 0 heterocycles. The number of unbranched alkanes of at least 4 members (excludes halogenated alkanes) is 2. The van der Waals surface area contributed by atoms with Crippen LogP contribution in [-0.2, 0) is 4.79 Å². The summed E-state index contributed by atoms with van der Waals surface area (Å²) in [6.45, 7) is 8.25. The van der Waals surface area contributed by atoms with E-state index in [0.717, 1.165) is 38.8 Å². The molecule has 4 N–H and O–H groups in total. The van der Waals surface area contributed by atoms with Gasteiger partial charge >= 0.3 is 0 Å². The lowest BCUT2D eigenvalue weighted by Gasteiger charge is -2.04. The number of nitrogens with two attached hydrogens (primary N) is 1. The molecule has 0 atom stereocenters. The molecule has 0 saturated heterocycles. The highest BCUT2D eigenvalue weighted by molar-refractivity contribution is 5.75. The van der Waals surface area contributed by atoms with Crippen LogP contribution in [0.5, 0.6) is 0 Å². The van der Waals surface area contributed by atoms with Crippen molar-refractivity contribution in [3.63, 3.8) is 0 Å². The fourth-order valence-electron chi connectivity index (χ4n) is 1.17. The lowest BCUT2D eigenvalue weighted by Crippen LogP contribution is -2.29. The minimum Gasteiger partial charge on any atom is -0.356 e. The third-order valence-corrected chi connectivity index (χ3v) is 2.00. The molecule has 0 unspecified atom stereocenters. The van der Waals surface area contributed by atoms with Gasteiger partial charge in [-0.3, -0.25) is 4.79 Å². The van der Waals surface area contributed by atoms with E-state index in [0.29, 0.717) is 13.1 Å². The maximum atomic E-state index is 11.2. The molecule has 0 aliphatic carbocycles. The first-order chi connectivity index (χ1) is 7.81. The van der Waals surface area contributed by atoms with Crippen LogP contribution in [0.3, 0.4) is 0 Å². The Hall–Kier alpha value is -0.610. The molecule has 98 valence electrons. The fraction of sp³-hybridized carbons (Fsp3) is 0.917. The molecule has 4 nitrogen and oxygen atoms in total. The molecule has 0 rings (SSSR count). The van der Waals surface area contributed by atoms with Gasteiger partial charge in [0.1, 0.15) is 0 Å². The van der Waals surface area contributed by atoms with Gasteiger partial charge in [-0.05, 0) is 19.4 Å². The molecule has 1 amide bonds. The second kappa shape index (κ2) is 16.8. The van der Waals surface area contributed by atoms with Crippen molar-refractivity contribution in [2.24, 2.45) is 5.73 Å². The summed E-state index contributed by atoms with van der Waals surface area (Å²) < 4.78 is 0. The van der Waals surface area contributed by atoms with E-state index in [2.05, 4.69) is 17.6 Å². The Morgan fingerprint density at radius 2 is 1.81 bits per heavy atom. The normalized spacial score (nSPS) is 9.25. The molecule has 0 aromatic carbocycles. The molecule has 0 aliphatic rings. The summed E-state index contributed by atoms with van der Waals surface area (Å²) >= 11 is 0. The van der Waals surface area contributed by atoms with Crippen molar-refractivity contribution in [1.82, 2.24) is 10.6 Å². The van der Waals surface area contributed by atoms with Crippen LogP contribution in [0.2, 0.25) is 0 Å². The maximum absolute atomic E-state index is 11.2. The Kier molecular flexibility index (Phi) is 18.7. The summed E-state index contributed by atoms with van der Waals surface area (Å²) in [5, 5.41) is 5.88. The average Bonchev–Trinajstić information content (AvgIpc) is 2.32. The van der Waals surface area contributed by atoms with Gasteiger partial charge in [0.15, 0.2) is 0 Å². The highest BCUT2D eigenvalue weighted by Crippen LogP contribution is 1.97. The van der Waals surface area contributed by atoms with E-state index in [4.69, 9.17) is 5.73 Å². The summed E-state index contributed by atoms with van der Waals surface area (Å²) in [5.41, 5.74) is 5.25. The van der Waals surface area contributed by atoms with Gasteiger partial charge in [-0.1, -0.05) is 33.6 Å². The van der Waals surface area contributed by atoms with Crippen LogP contribution >= 0.6 is 0 Å². The predicted molar refractivity (Wildman–Crippen MR) is 70.2 cm³/mol. The molecule has 0 aliphatic heterocycles. The molecule has 0 spiro atoms. The second-order valence-electron chi connectivity index (χ2n) is 3.36. The molecule has 16 heavy (non-hydrogen) atoms. The van der Waals surface area contributed by atoms with Crippen LogP contribution in [0, 0.1) is 0 Å². The zero-order valence-corrected chi connectivity index (χ0v) is 11.1. The Morgan fingerprint density at radius 1 is 1.12 bits per heavy atom. The van der Waals surface area contributed by atoms with Crippen molar-refractivity contribution in [2.45, 2.75) is 52.9 Å². The SMILES string of the molecule is CC.CCCCCC(=O)NCCCNCN. The molecule has 0 saturated carbocycles. The monoisotopic (exact) mass is 231 g/mol. The third kappa shape index (κ3) is 15.8. The van der Waals surface area contributed by atoms with Crippen LogP contribution in [0.1, 0.15) is 52.9 Å². The number of rotatable bonds is 9. The lowest BCUT2D eigenvalue weighted by atomic mass is 10.2. The first kappa shape index (κ1) is 17.8. The maximum Gasteiger partial charge on any atom is 0.219 e. The smallest absolute Gasteiger partial charge is 0.219 e. The molecular formula is C12H29N3O. The zero-order valence-electron chi connectivity index (χ0n) is 11.1. The highest BCUT2D eigenvalue weighted by atomic mass is 16.1. The van der Waals surface area contributed by atoms with Crippen molar-refractivity contribution in [3.8, 4) is 0 Å². The van der Waals surface area contributed by atoms with Gasteiger partial charge in [-0.2, -0.15) is 0 Å². The van der Waals surface area contributed by atoms with E-state index in [-0.39, 0.29) is 5.91 Å². The molecule has 4 heteroatoms. The van der Waals surface area contributed by atoms with Gasteiger partial charge in [-0.25, -0.2) is 0 Å². The quantitative estimate of drug-likeness (QED) is 0.417. The number of hydrogen-bond donors (Lipinski definition) is 3. The third-order valence-electron chi connectivity index (χ3n) is 2.00. The predicted octanol–water partition coefficient (Wildman–Crippen LogP) is 1.61. The van der Waals surface area contributed by atoms with Gasteiger partial charge in [0.25, 0.3) is 0 Å². The van der Waals surface area contributed by atoms with Gasteiger partial charge in [-0.15, -0.1) is 0 Å². The summed E-state index contributed by atoms with van der Waals surface area (Å²) in [7, 11) is 0. The molecular weight excluding hydrogens is 202 g/mol.